The van der Waals surface area contributed by atoms with Gasteiger partial charge in [0.2, 0.25) is 0 Å². The molecule has 0 spiro atoms. The molecule has 0 fully saturated rings. The summed E-state index contributed by atoms with van der Waals surface area (Å²) >= 11 is 0. The average Bonchev–Trinajstić information content (AvgIpc) is 3.15. The molecule has 0 saturated heterocycles. The molecule has 26 heavy (non-hydrogen) atoms. The molecule has 0 unspecified atom stereocenters. The highest BCUT2D eigenvalue weighted by molar-refractivity contribution is 5.94. The van der Waals surface area contributed by atoms with Crippen molar-refractivity contribution in [3.05, 3.63) is 77.5 Å². The van der Waals surface area contributed by atoms with Crippen LogP contribution in [0.2, 0.25) is 0 Å². The summed E-state index contributed by atoms with van der Waals surface area (Å²) in [5.74, 6) is 0.915. The first-order chi connectivity index (χ1) is 12.5. The Kier molecular flexibility index (Phi) is 5.37. The number of pyridine rings is 1. The summed E-state index contributed by atoms with van der Waals surface area (Å²) in [6, 6.07) is 11.7. The van der Waals surface area contributed by atoms with Crippen LogP contribution in [0.1, 0.15) is 47.0 Å². The number of benzene rings is 1. The van der Waals surface area contributed by atoms with Crippen LogP contribution in [0.25, 0.3) is 0 Å². The Balaban J connectivity index is 1.77. The fraction of sp³-hybridized carbons (Fsp3) is 0.238. The van der Waals surface area contributed by atoms with Crippen LogP contribution in [0.4, 0.5) is 11.4 Å². The Labute approximate surface area is 153 Å². The van der Waals surface area contributed by atoms with Gasteiger partial charge in [0, 0.05) is 11.9 Å². The van der Waals surface area contributed by atoms with Gasteiger partial charge in [0.15, 0.2) is 0 Å². The first-order valence-electron chi connectivity index (χ1n) is 8.66. The number of furan rings is 1. The second kappa shape index (κ2) is 7.87. The summed E-state index contributed by atoms with van der Waals surface area (Å²) in [5, 5.41) is 6.26. The number of aromatic nitrogens is 1. The van der Waals surface area contributed by atoms with E-state index in [0.717, 1.165) is 16.9 Å². The Morgan fingerprint density at radius 2 is 2.04 bits per heavy atom. The fourth-order valence-electron chi connectivity index (χ4n) is 2.80. The van der Waals surface area contributed by atoms with Crippen molar-refractivity contribution in [2.75, 3.05) is 5.32 Å². The van der Waals surface area contributed by atoms with E-state index in [-0.39, 0.29) is 5.91 Å². The van der Waals surface area contributed by atoms with Gasteiger partial charge < -0.3 is 15.1 Å². The Morgan fingerprint density at radius 1 is 1.19 bits per heavy atom. The van der Waals surface area contributed by atoms with E-state index in [1.807, 2.05) is 6.07 Å². The minimum atomic E-state index is -0.189. The van der Waals surface area contributed by atoms with E-state index in [4.69, 9.17) is 4.42 Å². The third-order valence-corrected chi connectivity index (χ3v) is 4.20. The van der Waals surface area contributed by atoms with Gasteiger partial charge in [-0.05, 0) is 42.2 Å². The van der Waals surface area contributed by atoms with Crippen LogP contribution in [0.3, 0.4) is 0 Å². The molecule has 2 heterocycles. The second-order valence-electron chi connectivity index (χ2n) is 6.54. The zero-order valence-corrected chi connectivity index (χ0v) is 15.2. The standard InChI is InChI=1S/C21H23N3O2/c1-14(2)19-8-4-6-15(3)20(19)24-17-10-16(11-22-12-17)21(25)23-13-18-7-5-9-26-18/h4-12,14,24H,13H2,1-3H3,(H,23,25). The lowest BCUT2D eigenvalue weighted by atomic mass is 9.98. The number of hydrogen-bond donors (Lipinski definition) is 2. The van der Waals surface area contributed by atoms with Gasteiger partial charge in [-0.2, -0.15) is 0 Å². The van der Waals surface area contributed by atoms with E-state index < -0.39 is 0 Å². The van der Waals surface area contributed by atoms with Crippen LogP contribution < -0.4 is 10.6 Å². The molecule has 2 aromatic heterocycles. The van der Waals surface area contributed by atoms with E-state index in [2.05, 4.69) is 54.6 Å². The zero-order valence-electron chi connectivity index (χ0n) is 15.2. The molecule has 0 aliphatic carbocycles. The van der Waals surface area contributed by atoms with Gasteiger partial charge in [-0.15, -0.1) is 0 Å². The molecule has 2 N–H and O–H groups in total. The van der Waals surface area contributed by atoms with Crippen LogP contribution in [0.15, 0.2) is 59.5 Å². The highest BCUT2D eigenvalue weighted by atomic mass is 16.3. The van der Waals surface area contributed by atoms with Crippen molar-refractivity contribution in [1.29, 1.82) is 0 Å². The predicted octanol–water partition coefficient (Wildman–Crippen LogP) is 4.78. The van der Waals surface area contributed by atoms with Crippen LogP contribution in [0, 0.1) is 6.92 Å². The van der Waals surface area contributed by atoms with Crippen LogP contribution in [-0.4, -0.2) is 10.9 Å². The van der Waals surface area contributed by atoms with Crippen LogP contribution >= 0.6 is 0 Å². The second-order valence-corrected chi connectivity index (χ2v) is 6.54. The van der Waals surface area contributed by atoms with Gasteiger partial charge in [-0.25, -0.2) is 0 Å². The third-order valence-electron chi connectivity index (χ3n) is 4.20. The number of hydrogen-bond acceptors (Lipinski definition) is 4. The van der Waals surface area contributed by atoms with E-state index in [1.165, 1.54) is 5.56 Å². The highest BCUT2D eigenvalue weighted by Crippen LogP contribution is 2.30. The van der Waals surface area contributed by atoms with Gasteiger partial charge in [-0.3, -0.25) is 9.78 Å². The molecule has 3 aromatic rings. The van der Waals surface area contributed by atoms with Crippen LogP contribution in [0.5, 0.6) is 0 Å². The number of nitrogens with zero attached hydrogens (tertiary/aromatic N) is 1. The molecule has 0 atom stereocenters. The maximum absolute atomic E-state index is 12.4. The summed E-state index contributed by atoms with van der Waals surface area (Å²) in [6.45, 7) is 6.74. The lowest BCUT2D eigenvalue weighted by Crippen LogP contribution is -2.22. The lowest BCUT2D eigenvalue weighted by Gasteiger charge is -2.17. The molecule has 0 bridgehead atoms. The topological polar surface area (TPSA) is 67.2 Å². The minimum absolute atomic E-state index is 0.189. The molecule has 0 aliphatic heterocycles. The first-order valence-corrected chi connectivity index (χ1v) is 8.66. The van der Waals surface area contributed by atoms with E-state index in [0.29, 0.717) is 23.8 Å². The summed E-state index contributed by atoms with van der Waals surface area (Å²) in [7, 11) is 0. The molecular formula is C21H23N3O2. The maximum Gasteiger partial charge on any atom is 0.253 e. The quantitative estimate of drug-likeness (QED) is 0.672. The van der Waals surface area contributed by atoms with Crippen molar-refractivity contribution in [1.82, 2.24) is 10.3 Å². The van der Waals surface area contributed by atoms with Crippen molar-refractivity contribution in [2.24, 2.45) is 0 Å². The number of anilines is 2. The van der Waals surface area contributed by atoms with Gasteiger partial charge >= 0.3 is 0 Å². The SMILES string of the molecule is Cc1cccc(C(C)C)c1Nc1cncc(C(=O)NCc2ccco2)c1. The van der Waals surface area contributed by atoms with Crippen molar-refractivity contribution >= 4 is 17.3 Å². The summed E-state index contributed by atoms with van der Waals surface area (Å²) < 4.78 is 5.23. The number of aryl methyl sites for hydroxylation is 1. The number of nitrogens with one attached hydrogen (secondary N) is 2. The average molecular weight is 349 g/mol. The molecule has 5 nitrogen and oxygen atoms in total. The summed E-state index contributed by atoms with van der Waals surface area (Å²) in [4.78, 5) is 16.6. The Hall–Kier alpha value is -3.08. The monoisotopic (exact) mass is 349 g/mol. The van der Waals surface area contributed by atoms with Crippen LogP contribution in [-0.2, 0) is 6.54 Å². The third kappa shape index (κ3) is 4.11. The number of rotatable bonds is 6. The number of carbonyl (C=O) groups is 1. The zero-order chi connectivity index (χ0) is 18.5. The maximum atomic E-state index is 12.4. The lowest BCUT2D eigenvalue weighted by molar-refractivity contribution is 0.0947. The number of carbonyl (C=O) groups excluding carboxylic acids is 1. The van der Waals surface area contributed by atoms with Gasteiger partial charge in [-0.1, -0.05) is 32.0 Å². The van der Waals surface area contributed by atoms with E-state index in [1.54, 1.807) is 30.8 Å². The van der Waals surface area contributed by atoms with Gasteiger partial charge in [0.25, 0.3) is 5.91 Å². The Morgan fingerprint density at radius 3 is 2.77 bits per heavy atom. The van der Waals surface area contributed by atoms with E-state index in [9.17, 15) is 4.79 Å². The molecule has 1 aromatic carbocycles. The molecule has 5 heteroatoms. The molecule has 134 valence electrons. The molecule has 3 rings (SSSR count). The molecule has 1 amide bonds. The highest BCUT2D eigenvalue weighted by Gasteiger charge is 2.11. The molecule has 0 radical (unpaired) electrons. The molecule has 0 aliphatic rings. The predicted molar refractivity (Wildman–Crippen MR) is 103 cm³/mol. The minimum Gasteiger partial charge on any atom is -0.467 e. The Bertz CT molecular complexity index is 886. The summed E-state index contributed by atoms with van der Waals surface area (Å²) in [6.07, 6.45) is 4.87. The smallest absolute Gasteiger partial charge is 0.253 e. The summed E-state index contributed by atoms with van der Waals surface area (Å²) in [5.41, 5.74) is 4.74. The number of para-hydroxylation sites is 1. The van der Waals surface area contributed by atoms with Gasteiger partial charge in [0.1, 0.15) is 5.76 Å². The van der Waals surface area contributed by atoms with Crippen molar-refractivity contribution in [3.8, 4) is 0 Å². The van der Waals surface area contributed by atoms with E-state index >= 15 is 0 Å². The fourth-order valence-corrected chi connectivity index (χ4v) is 2.80. The number of amides is 1. The molecular weight excluding hydrogens is 326 g/mol. The van der Waals surface area contributed by atoms with Crippen molar-refractivity contribution < 1.29 is 9.21 Å². The normalized spacial score (nSPS) is 10.8. The van der Waals surface area contributed by atoms with Gasteiger partial charge in [0.05, 0.1) is 30.3 Å². The largest absolute Gasteiger partial charge is 0.467 e. The molecule has 0 saturated carbocycles. The van der Waals surface area contributed by atoms with Crippen molar-refractivity contribution in [3.63, 3.8) is 0 Å². The van der Waals surface area contributed by atoms with Crippen molar-refractivity contribution in [2.45, 2.75) is 33.2 Å². The first kappa shape index (κ1) is 17.7.